The number of aromatic nitrogens is 1. The molecular weight excluding hydrogens is 299 g/mol. The Balaban J connectivity index is 1.33. The summed E-state index contributed by atoms with van der Waals surface area (Å²) in [5.74, 6) is 0.787. The predicted molar refractivity (Wildman–Crippen MR) is 79.0 cm³/mol. The number of nitrogens with zero attached hydrogens (tertiary/aromatic N) is 2. The van der Waals surface area contributed by atoms with Crippen LogP contribution in [0.15, 0.2) is 34.9 Å². The minimum absolute atomic E-state index is 0.0201. The molecule has 0 unspecified atom stereocenters. The quantitative estimate of drug-likeness (QED) is 0.937. The molecule has 1 aliphatic heterocycles. The average molecular weight is 316 g/mol. The second kappa shape index (κ2) is 5.45. The molecule has 1 amide bonds. The minimum atomic E-state index is -0.252. The topological polar surface area (TPSA) is 66.6 Å². The average Bonchev–Trinajstić information content (AvgIpc) is 3.17. The van der Waals surface area contributed by atoms with Gasteiger partial charge in [-0.15, -0.1) is 0 Å². The smallest absolute Gasteiger partial charge is 0.226 e. The lowest BCUT2D eigenvalue weighted by atomic mass is 9.95. The fourth-order valence-electron chi connectivity index (χ4n) is 3.22. The van der Waals surface area contributed by atoms with Crippen molar-refractivity contribution in [1.29, 1.82) is 0 Å². The highest BCUT2D eigenvalue weighted by atomic mass is 19.1. The molecule has 1 aromatic carbocycles. The molecule has 1 saturated heterocycles. The molecule has 0 radical (unpaired) electrons. The van der Waals surface area contributed by atoms with Gasteiger partial charge in [-0.2, -0.15) is 0 Å². The van der Waals surface area contributed by atoms with Crippen LogP contribution >= 0.6 is 0 Å². The number of hydrogen-bond donors (Lipinski definition) is 1. The van der Waals surface area contributed by atoms with Crippen LogP contribution in [0.3, 0.4) is 0 Å². The third-order valence-electron chi connectivity index (χ3n) is 4.75. The van der Waals surface area contributed by atoms with Crippen molar-refractivity contribution in [3.8, 4) is 0 Å². The maximum Gasteiger partial charge on any atom is 0.226 e. The van der Waals surface area contributed by atoms with E-state index in [4.69, 9.17) is 9.63 Å². The van der Waals surface area contributed by atoms with Gasteiger partial charge in [0.05, 0.1) is 5.69 Å². The number of benzene rings is 1. The number of aliphatic hydroxyl groups is 1. The molecule has 2 aliphatic rings. The zero-order valence-electron chi connectivity index (χ0n) is 12.5. The number of likely N-dealkylation sites (tertiary alicyclic amines) is 1. The molecule has 2 atom stereocenters. The van der Waals surface area contributed by atoms with Gasteiger partial charge in [0.15, 0.2) is 5.76 Å². The second-order valence-electron chi connectivity index (χ2n) is 6.32. The number of halogens is 1. The first-order chi connectivity index (χ1) is 11.2. The zero-order chi connectivity index (χ0) is 16.0. The molecule has 0 spiro atoms. The monoisotopic (exact) mass is 316 g/mol. The van der Waals surface area contributed by atoms with Crippen LogP contribution < -0.4 is 0 Å². The minimum Gasteiger partial charge on any atom is -0.388 e. The Labute approximate surface area is 132 Å². The normalized spacial score (nSPS) is 23.7. The number of hydrogen-bond acceptors (Lipinski definition) is 4. The maximum absolute atomic E-state index is 12.9. The van der Waals surface area contributed by atoms with Crippen molar-refractivity contribution >= 4 is 5.91 Å². The van der Waals surface area contributed by atoms with Crippen LogP contribution in [-0.4, -0.2) is 34.2 Å². The molecule has 2 heterocycles. The summed E-state index contributed by atoms with van der Waals surface area (Å²) in [5, 5.41) is 12.9. The van der Waals surface area contributed by atoms with E-state index in [1.165, 1.54) is 12.1 Å². The van der Waals surface area contributed by atoms with Gasteiger partial charge in [0.2, 0.25) is 5.91 Å². The molecule has 2 fully saturated rings. The van der Waals surface area contributed by atoms with Crippen LogP contribution in [0.1, 0.15) is 35.3 Å². The molecule has 5 nitrogen and oxygen atoms in total. The summed E-state index contributed by atoms with van der Waals surface area (Å²) in [6.45, 7) is 1.12. The second-order valence-corrected chi connectivity index (χ2v) is 6.32. The lowest BCUT2D eigenvalue weighted by molar-refractivity contribution is -0.137. The summed E-state index contributed by atoms with van der Waals surface area (Å²) in [6, 6.07) is 8.15. The molecular formula is C17H17FN2O3. The molecule has 1 N–H and O–H groups in total. The van der Waals surface area contributed by atoms with E-state index >= 15 is 0 Å². The zero-order valence-corrected chi connectivity index (χ0v) is 12.5. The van der Waals surface area contributed by atoms with E-state index in [9.17, 15) is 9.18 Å². The summed E-state index contributed by atoms with van der Waals surface area (Å²) in [4.78, 5) is 14.3. The summed E-state index contributed by atoms with van der Waals surface area (Å²) in [5.41, 5.74) is 1.83. The van der Waals surface area contributed by atoms with Crippen LogP contribution in [0.4, 0.5) is 4.39 Å². The molecule has 120 valence electrons. The fraction of sp³-hybridized carbons (Fsp3) is 0.412. The standard InChI is InChI=1S/C17H17FN2O3/c18-12-3-1-10(2-4-12)14-6-15(14)17(22)20-7-11(8-20)16-5-13(9-21)23-19-16/h1-5,11,14-15,21H,6-9H2/t14-,15+/m0/s1. The van der Waals surface area contributed by atoms with E-state index in [-0.39, 0.29) is 36.1 Å². The third-order valence-corrected chi connectivity index (χ3v) is 4.75. The van der Waals surface area contributed by atoms with Crippen LogP contribution in [0.25, 0.3) is 0 Å². The highest BCUT2D eigenvalue weighted by Gasteiger charge is 2.48. The molecule has 6 heteroatoms. The molecule has 1 saturated carbocycles. The summed E-state index contributed by atoms with van der Waals surface area (Å²) < 4.78 is 17.9. The van der Waals surface area contributed by atoms with E-state index in [2.05, 4.69) is 5.16 Å². The largest absolute Gasteiger partial charge is 0.388 e. The Morgan fingerprint density at radius 2 is 2.09 bits per heavy atom. The van der Waals surface area contributed by atoms with E-state index in [0.29, 0.717) is 18.8 Å². The van der Waals surface area contributed by atoms with Gasteiger partial charge < -0.3 is 14.5 Å². The van der Waals surface area contributed by atoms with Crippen molar-refractivity contribution in [2.45, 2.75) is 24.9 Å². The van der Waals surface area contributed by atoms with E-state index in [0.717, 1.165) is 17.7 Å². The number of aliphatic hydroxyl groups excluding tert-OH is 1. The van der Waals surface area contributed by atoms with Gasteiger partial charge in [-0.1, -0.05) is 17.3 Å². The summed E-state index contributed by atoms with van der Waals surface area (Å²) >= 11 is 0. The lowest BCUT2D eigenvalue weighted by Crippen LogP contribution is -2.49. The van der Waals surface area contributed by atoms with Crippen molar-refractivity contribution in [2.75, 3.05) is 13.1 Å². The van der Waals surface area contributed by atoms with Gasteiger partial charge in [0, 0.05) is 31.0 Å². The van der Waals surface area contributed by atoms with Gasteiger partial charge in [-0.25, -0.2) is 4.39 Å². The van der Waals surface area contributed by atoms with Gasteiger partial charge >= 0.3 is 0 Å². The Hall–Kier alpha value is -2.21. The fourth-order valence-corrected chi connectivity index (χ4v) is 3.22. The van der Waals surface area contributed by atoms with E-state index < -0.39 is 0 Å². The molecule has 23 heavy (non-hydrogen) atoms. The summed E-state index contributed by atoms with van der Waals surface area (Å²) in [7, 11) is 0. The highest BCUT2D eigenvalue weighted by molar-refractivity contribution is 5.84. The first-order valence-corrected chi connectivity index (χ1v) is 7.76. The Kier molecular flexibility index (Phi) is 3.41. The van der Waals surface area contributed by atoms with E-state index in [1.54, 1.807) is 18.2 Å². The van der Waals surface area contributed by atoms with Crippen molar-refractivity contribution in [3.63, 3.8) is 0 Å². The van der Waals surface area contributed by atoms with Gasteiger partial charge in [0.1, 0.15) is 12.4 Å². The molecule has 1 aliphatic carbocycles. The lowest BCUT2D eigenvalue weighted by Gasteiger charge is -2.38. The number of rotatable bonds is 4. The van der Waals surface area contributed by atoms with Crippen LogP contribution in [-0.2, 0) is 11.4 Å². The van der Waals surface area contributed by atoms with E-state index in [1.807, 2.05) is 4.90 Å². The Bertz CT molecular complexity index is 722. The van der Waals surface area contributed by atoms with Crippen LogP contribution in [0.5, 0.6) is 0 Å². The molecule has 2 aromatic rings. The van der Waals surface area contributed by atoms with Crippen molar-refractivity contribution in [1.82, 2.24) is 10.1 Å². The predicted octanol–water partition coefficient (Wildman–Crippen LogP) is 2.04. The van der Waals surface area contributed by atoms with Gasteiger partial charge in [-0.3, -0.25) is 4.79 Å². The van der Waals surface area contributed by atoms with Gasteiger partial charge in [-0.05, 0) is 30.0 Å². The Morgan fingerprint density at radius 1 is 1.35 bits per heavy atom. The summed E-state index contributed by atoms with van der Waals surface area (Å²) in [6.07, 6.45) is 0.838. The van der Waals surface area contributed by atoms with Gasteiger partial charge in [0.25, 0.3) is 0 Å². The number of carbonyl (C=O) groups is 1. The highest BCUT2D eigenvalue weighted by Crippen LogP contribution is 2.49. The SMILES string of the molecule is O=C([C@@H]1C[C@H]1c1ccc(F)cc1)N1CC(c2cc(CO)on2)C1. The van der Waals surface area contributed by atoms with Crippen molar-refractivity contribution < 1.29 is 18.8 Å². The van der Waals surface area contributed by atoms with Crippen LogP contribution in [0.2, 0.25) is 0 Å². The first-order valence-electron chi connectivity index (χ1n) is 7.76. The molecule has 4 rings (SSSR count). The maximum atomic E-state index is 12.9. The van der Waals surface area contributed by atoms with Crippen LogP contribution in [0, 0.1) is 11.7 Å². The molecule has 1 aromatic heterocycles. The van der Waals surface area contributed by atoms with Crippen molar-refractivity contribution in [3.05, 3.63) is 53.2 Å². The van der Waals surface area contributed by atoms with Crippen molar-refractivity contribution in [2.24, 2.45) is 5.92 Å². The number of amides is 1. The molecule has 0 bridgehead atoms. The third kappa shape index (κ3) is 2.63. The Morgan fingerprint density at radius 3 is 2.74 bits per heavy atom. The first kappa shape index (κ1) is 14.4. The number of carbonyl (C=O) groups excluding carboxylic acids is 1.